The van der Waals surface area contributed by atoms with Gasteiger partial charge in [-0.3, -0.25) is 9.69 Å². The van der Waals surface area contributed by atoms with Gasteiger partial charge >= 0.3 is 0 Å². The second-order valence-corrected chi connectivity index (χ2v) is 5.42. The molecule has 3 heterocycles. The molecule has 3 rings (SSSR count). The standard InChI is InChI=1S/C11H17NOS/c1-8(13)11-9-5-3-4-6-10(12(11)2)14-7-9/h3-4,9-11H,5-7H2,1-2H3/b4-3-. The number of likely N-dealkylation sites (N-methyl/N-ethyl adjacent to an activating group) is 1. The average molecular weight is 211 g/mol. The maximum atomic E-state index is 11.6. The van der Waals surface area contributed by atoms with Crippen LogP contribution < -0.4 is 0 Å². The van der Waals surface area contributed by atoms with Gasteiger partial charge in [-0.25, -0.2) is 0 Å². The molecule has 0 aromatic heterocycles. The maximum Gasteiger partial charge on any atom is 0.147 e. The van der Waals surface area contributed by atoms with Crippen molar-refractivity contribution in [3.63, 3.8) is 0 Å². The molecule has 0 aromatic rings. The number of allylic oxidation sites excluding steroid dienone is 1. The van der Waals surface area contributed by atoms with E-state index in [9.17, 15) is 4.79 Å². The molecule has 0 radical (unpaired) electrons. The summed E-state index contributed by atoms with van der Waals surface area (Å²) in [5, 5.41) is 0.511. The van der Waals surface area contributed by atoms with Gasteiger partial charge in [-0.05, 0) is 38.5 Å². The summed E-state index contributed by atoms with van der Waals surface area (Å²) in [6.45, 7) is 1.73. The number of nitrogens with zero attached hydrogens (tertiary/aromatic N) is 1. The highest BCUT2D eigenvalue weighted by Crippen LogP contribution is 2.36. The molecule has 3 unspecified atom stereocenters. The van der Waals surface area contributed by atoms with Gasteiger partial charge in [0.2, 0.25) is 0 Å². The fourth-order valence-electron chi connectivity index (χ4n) is 2.49. The summed E-state index contributed by atoms with van der Waals surface area (Å²) in [5.74, 6) is 2.00. The van der Waals surface area contributed by atoms with Crippen molar-refractivity contribution >= 4 is 17.5 Å². The monoisotopic (exact) mass is 211 g/mol. The molecule has 3 heteroatoms. The van der Waals surface area contributed by atoms with E-state index in [4.69, 9.17) is 0 Å². The lowest BCUT2D eigenvalue weighted by molar-refractivity contribution is -0.123. The van der Waals surface area contributed by atoms with Crippen molar-refractivity contribution < 1.29 is 4.79 Å². The number of ketones is 1. The third kappa shape index (κ3) is 1.75. The van der Waals surface area contributed by atoms with Crippen molar-refractivity contribution in [3.8, 4) is 0 Å². The van der Waals surface area contributed by atoms with E-state index in [0.29, 0.717) is 17.1 Å². The number of carbonyl (C=O) groups is 1. The van der Waals surface area contributed by atoms with Crippen molar-refractivity contribution in [2.45, 2.75) is 31.2 Å². The Morgan fingerprint density at radius 2 is 2.14 bits per heavy atom. The SMILES string of the molecule is CC(=O)C1C2C/C=C\CC(SC2)N1C. The van der Waals surface area contributed by atoms with Gasteiger partial charge in [0.15, 0.2) is 0 Å². The van der Waals surface area contributed by atoms with Crippen LogP contribution in [0.5, 0.6) is 0 Å². The minimum atomic E-state index is 0.159. The zero-order valence-electron chi connectivity index (χ0n) is 8.77. The van der Waals surface area contributed by atoms with Gasteiger partial charge in [-0.2, -0.15) is 0 Å². The van der Waals surface area contributed by atoms with E-state index in [1.54, 1.807) is 6.92 Å². The Morgan fingerprint density at radius 1 is 1.43 bits per heavy atom. The number of fused-ring (bicyclic) bond motifs is 4. The van der Waals surface area contributed by atoms with Gasteiger partial charge in [0.05, 0.1) is 11.4 Å². The summed E-state index contributed by atoms with van der Waals surface area (Å²) < 4.78 is 0. The van der Waals surface area contributed by atoms with Crippen LogP contribution in [-0.2, 0) is 4.79 Å². The number of hydrogen-bond donors (Lipinski definition) is 0. The quantitative estimate of drug-likeness (QED) is 0.618. The molecule has 0 aromatic carbocycles. The van der Waals surface area contributed by atoms with E-state index in [-0.39, 0.29) is 6.04 Å². The van der Waals surface area contributed by atoms with Crippen LogP contribution in [0.1, 0.15) is 19.8 Å². The lowest BCUT2D eigenvalue weighted by Crippen LogP contribution is -2.52. The summed E-state index contributed by atoms with van der Waals surface area (Å²) in [5.41, 5.74) is 0. The number of hydrogen-bond acceptors (Lipinski definition) is 3. The molecule has 78 valence electrons. The first-order chi connectivity index (χ1) is 6.70. The van der Waals surface area contributed by atoms with E-state index in [1.807, 2.05) is 11.8 Å². The van der Waals surface area contributed by atoms with Crippen LogP contribution in [-0.4, -0.2) is 34.9 Å². The molecule has 0 amide bonds. The minimum Gasteiger partial charge on any atom is -0.298 e. The van der Waals surface area contributed by atoms with Gasteiger partial charge in [-0.15, -0.1) is 11.8 Å². The first kappa shape index (κ1) is 10.2. The molecular weight excluding hydrogens is 194 g/mol. The number of Topliss-reactive ketones (excluding diaryl/α,β-unsaturated/α-hetero) is 1. The van der Waals surface area contributed by atoms with Crippen molar-refractivity contribution in [2.75, 3.05) is 12.8 Å². The van der Waals surface area contributed by atoms with Gasteiger partial charge in [0.1, 0.15) is 5.78 Å². The Bertz CT molecular complexity index is 264. The molecule has 3 aliphatic heterocycles. The third-order valence-electron chi connectivity index (χ3n) is 3.20. The Morgan fingerprint density at radius 3 is 2.86 bits per heavy atom. The lowest BCUT2D eigenvalue weighted by Gasteiger charge is -2.43. The van der Waals surface area contributed by atoms with Gasteiger partial charge in [0, 0.05) is 0 Å². The highest BCUT2D eigenvalue weighted by Gasteiger charge is 2.37. The van der Waals surface area contributed by atoms with Crippen LogP contribution in [0.15, 0.2) is 12.2 Å². The molecule has 1 fully saturated rings. The van der Waals surface area contributed by atoms with Crippen molar-refractivity contribution in [1.82, 2.24) is 4.90 Å². The average Bonchev–Trinajstić information content (AvgIpc) is 2.06. The highest BCUT2D eigenvalue weighted by atomic mass is 32.2. The van der Waals surface area contributed by atoms with Crippen LogP contribution in [0.2, 0.25) is 0 Å². The normalized spacial score (nSPS) is 40.3. The lowest BCUT2D eigenvalue weighted by atomic mass is 9.92. The van der Waals surface area contributed by atoms with Crippen LogP contribution in [0.25, 0.3) is 0 Å². The zero-order valence-corrected chi connectivity index (χ0v) is 9.59. The Kier molecular flexibility index (Phi) is 2.98. The molecule has 0 spiro atoms. The fourth-order valence-corrected chi connectivity index (χ4v) is 3.89. The summed E-state index contributed by atoms with van der Waals surface area (Å²) in [7, 11) is 2.09. The molecule has 2 bridgehead atoms. The van der Waals surface area contributed by atoms with Crippen molar-refractivity contribution in [2.24, 2.45) is 5.92 Å². The highest BCUT2D eigenvalue weighted by molar-refractivity contribution is 7.99. The smallest absolute Gasteiger partial charge is 0.147 e. The van der Waals surface area contributed by atoms with E-state index < -0.39 is 0 Å². The van der Waals surface area contributed by atoms with E-state index in [1.165, 1.54) is 0 Å². The second-order valence-electron chi connectivity index (χ2n) is 4.21. The summed E-state index contributed by atoms with van der Waals surface area (Å²) in [6.07, 6.45) is 6.66. The molecule has 0 N–H and O–H groups in total. The van der Waals surface area contributed by atoms with Crippen LogP contribution in [0.4, 0.5) is 0 Å². The summed E-state index contributed by atoms with van der Waals surface area (Å²) in [6, 6.07) is 0.159. The number of thioether (sulfide) groups is 1. The third-order valence-corrected chi connectivity index (χ3v) is 4.73. The predicted octanol–water partition coefficient (Wildman–Crippen LogP) is 1.91. The van der Waals surface area contributed by atoms with Crippen LogP contribution >= 0.6 is 11.8 Å². The van der Waals surface area contributed by atoms with E-state index in [2.05, 4.69) is 24.1 Å². The molecular formula is C11H17NOS. The molecule has 14 heavy (non-hydrogen) atoms. The summed E-state index contributed by atoms with van der Waals surface area (Å²) in [4.78, 5) is 13.9. The van der Waals surface area contributed by atoms with Gasteiger partial charge in [0.25, 0.3) is 0 Å². The number of rotatable bonds is 1. The molecule has 3 aliphatic rings. The molecule has 2 nitrogen and oxygen atoms in total. The molecule has 3 atom stereocenters. The topological polar surface area (TPSA) is 20.3 Å². The van der Waals surface area contributed by atoms with Crippen LogP contribution in [0, 0.1) is 5.92 Å². The van der Waals surface area contributed by atoms with Gasteiger partial charge in [-0.1, -0.05) is 12.2 Å². The van der Waals surface area contributed by atoms with Gasteiger partial charge < -0.3 is 0 Å². The largest absolute Gasteiger partial charge is 0.298 e. The van der Waals surface area contributed by atoms with Crippen molar-refractivity contribution in [1.29, 1.82) is 0 Å². The minimum absolute atomic E-state index is 0.159. The first-order valence-electron chi connectivity index (χ1n) is 5.19. The van der Waals surface area contributed by atoms with Crippen molar-refractivity contribution in [3.05, 3.63) is 12.2 Å². The Hall–Kier alpha value is -0.280. The van der Waals surface area contributed by atoms with E-state index >= 15 is 0 Å². The zero-order chi connectivity index (χ0) is 10.1. The Balaban J connectivity index is 2.25. The maximum absolute atomic E-state index is 11.6. The summed E-state index contributed by atoms with van der Waals surface area (Å²) >= 11 is 2.00. The molecule has 0 saturated carbocycles. The molecule has 0 aliphatic carbocycles. The molecule has 1 saturated heterocycles. The second kappa shape index (κ2) is 4.07. The first-order valence-corrected chi connectivity index (χ1v) is 6.24. The van der Waals surface area contributed by atoms with E-state index in [0.717, 1.165) is 18.6 Å². The predicted molar refractivity (Wildman–Crippen MR) is 60.3 cm³/mol. The fraction of sp³-hybridized carbons (Fsp3) is 0.727. The Labute approximate surface area is 89.7 Å². The number of carbonyl (C=O) groups excluding carboxylic acids is 1. The van der Waals surface area contributed by atoms with Crippen LogP contribution in [0.3, 0.4) is 0 Å².